The first kappa shape index (κ1) is 12.6. The van der Waals surface area contributed by atoms with Crippen LogP contribution in [0.4, 0.5) is 0 Å². The molecule has 1 aliphatic rings. The van der Waals surface area contributed by atoms with E-state index in [2.05, 4.69) is 47.2 Å². The Hall–Kier alpha value is -0.830. The second kappa shape index (κ2) is 5.21. The Kier molecular flexibility index (Phi) is 3.87. The zero-order valence-electron chi connectivity index (χ0n) is 10.3. The molecule has 2 rings (SSSR count). The third kappa shape index (κ3) is 2.71. The summed E-state index contributed by atoms with van der Waals surface area (Å²) < 4.78 is 0. The van der Waals surface area contributed by atoms with E-state index in [1.165, 1.54) is 11.1 Å². The minimum absolute atomic E-state index is 0.0720. The quantitative estimate of drug-likeness (QED) is 0.832. The Morgan fingerprint density at radius 1 is 1.35 bits per heavy atom. The summed E-state index contributed by atoms with van der Waals surface area (Å²) in [5, 5.41) is 2.94. The van der Waals surface area contributed by atoms with Crippen molar-refractivity contribution in [3.05, 3.63) is 34.9 Å². The molecule has 92 valence electrons. The van der Waals surface area contributed by atoms with Gasteiger partial charge in [-0.2, -0.15) is 0 Å². The zero-order chi connectivity index (χ0) is 12.4. The molecule has 1 aromatic rings. The van der Waals surface area contributed by atoms with Crippen molar-refractivity contribution in [1.29, 1.82) is 0 Å². The number of hydrogen-bond donors (Lipinski definition) is 1. The summed E-state index contributed by atoms with van der Waals surface area (Å²) in [4.78, 5) is 12.2. The smallest absolute Gasteiger partial charge is 0.251 e. The first-order chi connectivity index (χ1) is 8.09. The van der Waals surface area contributed by atoms with E-state index >= 15 is 0 Å². The van der Waals surface area contributed by atoms with E-state index in [1.807, 2.05) is 6.07 Å². The van der Waals surface area contributed by atoms with Crippen LogP contribution in [-0.4, -0.2) is 12.5 Å². The highest BCUT2D eigenvalue weighted by Crippen LogP contribution is 2.32. The van der Waals surface area contributed by atoms with Gasteiger partial charge in [-0.3, -0.25) is 4.79 Å². The molecule has 1 N–H and O–H groups in total. The molecule has 0 radical (unpaired) electrons. The lowest BCUT2D eigenvalue weighted by molar-refractivity contribution is 0.0956. The molecule has 3 heteroatoms. The summed E-state index contributed by atoms with van der Waals surface area (Å²) >= 11 is 3.69. The van der Waals surface area contributed by atoms with Crippen LogP contribution in [0.15, 0.2) is 18.2 Å². The highest BCUT2D eigenvalue weighted by Gasteiger charge is 2.18. The monoisotopic (exact) mass is 295 g/mol. The maximum absolute atomic E-state index is 11.9. The molecule has 1 aromatic carbocycles. The van der Waals surface area contributed by atoms with Crippen LogP contribution in [-0.2, 0) is 6.42 Å². The Bertz CT molecular complexity index is 428. The SMILES string of the molecule is CC(C)C(Br)c1ccc2c(c1)C(=O)NCCC2. The molecule has 0 fully saturated rings. The Labute approximate surface area is 111 Å². The summed E-state index contributed by atoms with van der Waals surface area (Å²) in [6.07, 6.45) is 2.02. The number of aryl methyl sites for hydroxylation is 1. The van der Waals surface area contributed by atoms with Crippen molar-refractivity contribution in [2.24, 2.45) is 5.92 Å². The van der Waals surface area contributed by atoms with E-state index in [0.717, 1.165) is 24.9 Å². The van der Waals surface area contributed by atoms with Crippen LogP contribution < -0.4 is 5.32 Å². The number of carbonyl (C=O) groups excluding carboxylic acids is 1. The van der Waals surface area contributed by atoms with E-state index in [1.54, 1.807) is 0 Å². The average Bonchev–Trinajstić information content (AvgIpc) is 2.50. The first-order valence-electron chi connectivity index (χ1n) is 6.14. The minimum atomic E-state index is 0.0720. The molecule has 1 unspecified atom stereocenters. The van der Waals surface area contributed by atoms with Gasteiger partial charge in [-0.1, -0.05) is 41.9 Å². The highest BCUT2D eigenvalue weighted by molar-refractivity contribution is 9.09. The molecule has 0 saturated heterocycles. The van der Waals surface area contributed by atoms with E-state index in [9.17, 15) is 4.79 Å². The topological polar surface area (TPSA) is 29.1 Å². The molecule has 1 heterocycles. The van der Waals surface area contributed by atoms with E-state index in [4.69, 9.17) is 0 Å². The second-order valence-electron chi connectivity index (χ2n) is 4.92. The number of nitrogens with one attached hydrogen (secondary N) is 1. The molecular formula is C14H18BrNO. The standard InChI is InChI=1S/C14H18BrNO/c1-9(2)13(15)11-6-5-10-4-3-7-16-14(17)12(10)8-11/h5-6,8-9,13H,3-4,7H2,1-2H3,(H,16,17). The summed E-state index contributed by atoms with van der Waals surface area (Å²) in [7, 11) is 0. The summed E-state index contributed by atoms with van der Waals surface area (Å²) in [6, 6.07) is 6.28. The number of benzene rings is 1. The van der Waals surface area contributed by atoms with Crippen LogP contribution in [0.2, 0.25) is 0 Å². The van der Waals surface area contributed by atoms with Crippen molar-refractivity contribution < 1.29 is 4.79 Å². The largest absolute Gasteiger partial charge is 0.352 e. The van der Waals surface area contributed by atoms with Gasteiger partial charge in [0.05, 0.1) is 0 Å². The molecular weight excluding hydrogens is 278 g/mol. The van der Waals surface area contributed by atoms with Crippen molar-refractivity contribution in [3.8, 4) is 0 Å². The van der Waals surface area contributed by atoms with Gasteiger partial charge in [0.15, 0.2) is 0 Å². The number of alkyl halides is 1. The predicted molar refractivity (Wildman–Crippen MR) is 73.6 cm³/mol. The first-order valence-corrected chi connectivity index (χ1v) is 7.06. The Balaban J connectivity index is 2.38. The fraction of sp³-hybridized carbons (Fsp3) is 0.500. The molecule has 1 atom stereocenters. The van der Waals surface area contributed by atoms with Crippen LogP contribution in [0.1, 0.15) is 46.6 Å². The summed E-state index contributed by atoms with van der Waals surface area (Å²) in [6.45, 7) is 5.13. The number of rotatable bonds is 2. The number of amides is 1. The molecule has 2 nitrogen and oxygen atoms in total. The van der Waals surface area contributed by atoms with Gasteiger partial charge in [0.2, 0.25) is 0 Å². The van der Waals surface area contributed by atoms with E-state index < -0.39 is 0 Å². The lowest BCUT2D eigenvalue weighted by atomic mass is 9.96. The molecule has 0 spiro atoms. The van der Waals surface area contributed by atoms with Crippen molar-refractivity contribution in [2.45, 2.75) is 31.5 Å². The van der Waals surface area contributed by atoms with Crippen LogP contribution in [0.5, 0.6) is 0 Å². The molecule has 0 aliphatic carbocycles. The molecule has 17 heavy (non-hydrogen) atoms. The van der Waals surface area contributed by atoms with Gasteiger partial charge in [0.1, 0.15) is 0 Å². The molecule has 1 aliphatic heterocycles. The number of hydrogen-bond acceptors (Lipinski definition) is 1. The Morgan fingerprint density at radius 3 is 2.82 bits per heavy atom. The molecule has 0 bridgehead atoms. The summed E-state index contributed by atoms with van der Waals surface area (Å²) in [5.74, 6) is 0.588. The Morgan fingerprint density at radius 2 is 2.12 bits per heavy atom. The van der Waals surface area contributed by atoms with E-state index in [-0.39, 0.29) is 5.91 Å². The average molecular weight is 296 g/mol. The van der Waals surface area contributed by atoms with Crippen LogP contribution >= 0.6 is 15.9 Å². The van der Waals surface area contributed by atoms with Gasteiger partial charge in [-0.25, -0.2) is 0 Å². The van der Waals surface area contributed by atoms with Gasteiger partial charge >= 0.3 is 0 Å². The zero-order valence-corrected chi connectivity index (χ0v) is 11.9. The molecule has 1 amide bonds. The summed E-state index contributed by atoms with van der Waals surface area (Å²) in [5.41, 5.74) is 3.22. The van der Waals surface area contributed by atoms with Crippen molar-refractivity contribution >= 4 is 21.8 Å². The maximum atomic E-state index is 11.9. The van der Waals surface area contributed by atoms with Crippen LogP contribution in [0.3, 0.4) is 0 Å². The second-order valence-corrected chi connectivity index (χ2v) is 5.91. The van der Waals surface area contributed by atoms with Gasteiger partial charge in [0, 0.05) is 16.9 Å². The lowest BCUT2D eigenvalue weighted by Crippen LogP contribution is -2.22. The van der Waals surface area contributed by atoms with Gasteiger partial charge in [-0.05, 0) is 36.0 Å². The number of halogens is 1. The molecule has 0 aromatic heterocycles. The van der Waals surface area contributed by atoms with E-state index in [0.29, 0.717) is 10.7 Å². The van der Waals surface area contributed by atoms with Crippen LogP contribution in [0.25, 0.3) is 0 Å². The fourth-order valence-electron chi connectivity index (χ4n) is 2.16. The van der Waals surface area contributed by atoms with Gasteiger partial charge in [0.25, 0.3) is 5.91 Å². The van der Waals surface area contributed by atoms with Crippen LogP contribution in [0, 0.1) is 5.92 Å². The third-order valence-electron chi connectivity index (χ3n) is 3.19. The number of carbonyl (C=O) groups is 1. The predicted octanol–water partition coefficient (Wildman–Crippen LogP) is 3.45. The maximum Gasteiger partial charge on any atom is 0.251 e. The molecule has 0 saturated carbocycles. The van der Waals surface area contributed by atoms with Gasteiger partial charge in [-0.15, -0.1) is 0 Å². The normalized spacial score (nSPS) is 17.3. The van der Waals surface area contributed by atoms with Crippen molar-refractivity contribution in [2.75, 3.05) is 6.54 Å². The van der Waals surface area contributed by atoms with Crippen molar-refractivity contribution in [1.82, 2.24) is 5.32 Å². The minimum Gasteiger partial charge on any atom is -0.352 e. The number of fused-ring (bicyclic) bond motifs is 1. The van der Waals surface area contributed by atoms with Gasteiger partial charge < -0.3 is 5.32 Å². The third-order valence-corrected chi connectivity index (χ3v) is 4.78. The lowest BCUT2D eigenvalue weighted by Gasteiger charge is -2.16. The highest BCUT2D eigenvalue weighted by atomic mass is 79.9. The van der Waals surface area contributed by atoms with Crippen molar-refractivity contribution in [3.63, 3.8) is 0 Å². The fourth-order valence-corrected chi connectivity index (χ4v) is 2.44.